The molecule has 2 atom stereocenters. The predicted octanol–water partition coefficient (Wildman–Crippen LogP) is 17.4. The Morgan fingerprint density at radius 2 is 1.08 bits per heavy atom. The van der Waals surface area contributed by atoms with Gasteiger partial charge in [-0.2, -0.15) is 0 Å². The van der Waals surface area contributed by atoms with Crippen molar-refractivity contribution < 1.29 is 0 Å². The molecule has 1 aromatic heterocycles. The van der Waals surface area contributed by atoms with Gasteiger partial charge in [0.2, 0.25) is 0 Å². The van der Waals surface area contributed by atoms with Gasteiger partial charge in [-0.05, 0) is 184 Å². The van der Waals surface area contributed by atoms with E-state index in [2.05, 4.69) is 232 Å². The minimum atomic E-state index is -1.77. The Hall–Kier alpha value is -5.56. The summed E-state index contributed by atoms with van der Waals surface area (Å²) in [7, 11) is -1.77. The Balaban J connectivity index is 1.08. The second-order valence-corrected chi connectivity index (χ2v) is 34.8. The first-order valence-electron chi connectivity index (χ1n) is 29.0. The third-order valence-corrected chi connectivity index (χ3v) is 24.3. The maximum atomic E-state index is 2.92. The van der Waals surface area contributed by atoms with Crippen molar-refractivity contribution in [3.63, 3.8) is 0 Å². The van der Waals surface area contributed by atoms with E-state index >= 15 is 0 Å². The van der Waals surface area contributed by atoms with E-state index < -0.39 is 8.07 Å². The average molecular weight is 1030 g/mol. The average Bonchev–Trinajstić information content (AvgIpc) is 3.44. The molecule has 0 radical (unpaired) electrons. The molecular weight excluding hydrogens is 954 g/mol. The van der Waals surface area contributed by atoms with Crippen molar-refractivity contribution in [2.75, 3.05) is 14.7 Å². The van der Waals surface area contributed by atoms with E-state index in [4.69, 9.17) is 0 Å². The fourth-order valence-electron chi connectivity index (χ4n) is 16.1. The highest BCUT2D eigenvalue weighted by Crippen LogP contribution is 2.62. The molecule has 0 spiro atoms. The van der Waals surface area contributed by atoms with Crippen molar-refractivity contribution in [3.8, 4) is 0 Å². The van der Waals surface area contributed by atoms with Gasteiger partial charge >= 0.3 is 0 Å². The summed E-state index contributed by atoms with van der Waals surface area (Å²) in [5.74, 6) is 0. The second-order valence-electron chi connectivity index (χ2n) is 28.7. The summed E-state index contributed by atoms with van der Waals surface area (Å²) in [6.45, 7) is 35.2. The van der Waals surface area contributed by atoms with Crippen LogP contribution in [-0.4, -0.2) is 20.3 Å². The van der Waals surface area contributed by atoms with Crippen LogP contribution in [0.4, 0.5) is 45.5 Å². The molecule has 2 unspecified atom stereocenters. The zero-order valence-electron chi connectivity index (χ0n) is 48.0. The van der Waals surface area contributed by atoms with Crippen LogP contribution in [-0.2, 0) is 27.1 Å². The van der Waals surface area contributed by atoms with Crippen molar-refractivity contribution in [2.24, 2.45) is 0 Å². The maximum Gasteiger partial charge on any atom is 0.252 e. The molecule has 4 heterocycles. The first kappa shape index (κ1) is 48.8. The molecule has 0 amide bonds. The van der Waals surface area contributed by atoms with Crippen LogP contribution < -0.4 is 36.3 Å². The Morgan fingerprint density at radius 1 is 0.500 bits per heavy atom. The zero-order chi connectivity index (χ0) is 53.0. The van der Waals surface area contributed by atoms with E-state index in [1.807, 2.05) is 11.3 Å². The molecule has 0 N–H and O–H groups in total. The van der Waals surface area contributed by atoms with Crippen molar-refractivity contribution in [3.05, 3.63) is 155 Å². The molecule has 1 saturated carbocycles. The molecule has 6 aliphatic rings. The summed E-state index contributed by atoms with van der Waals surface area (Å²) < 4.78 is 2.68. The summed E-state index contributed by atoms with van der Waals surface area (Å²) in [5.41, 5.74) is 24.2. The van der Waals surface area contributed by atoms with Crippen LogP contribution in [0.3, 0.4) is 0 Å². The Kier molecular flexibility index (Phi) is 10.1. The number of anilines is 8. The van der Waals surface area contributed by atoms with Gasteiger partial charge in [-0.3, -0.25) is 0 Å². The number of aryl methyl sites for hydroxylation is 1. The number of nitrogens with zero attached hydrogens (tertiary/aromatic N) is 3. The number of rotatable bonds is 5. The lowest BCUT2D eigenvalue weighted by Gasteiger charge is -2.53. The lowest BCUT2D eigenvalue weighted by atomic mass is 9.33. The topological polar surface area (TPSA) is 9.72 Å². The fraction of sp³-hybridized carbons (Fsp3) is 0.400. The minimum Gasteiger partial charge on any atom is -0.335 e. The number of hydrogen-bond acceptors (Lipinski definition) is 4. The van der Waals surface area contributed by atoms with Crippen molar-refractivity contribution in [1.29, 1.82) is 0 Å². The van der Waals surface area contributed by atoms with Gasteiger partial charge in [-0.1, -0.05) is 161 Å². The molecule has 6 heteroatoms. The molecule has 8 aromatic rings. The van der Waals surface area contributed by atoms with Crippen LogP contribution in [0.15, 0.2) is 121 Å². The van der Waals surface area contributed by atoms with E-state index in [0.29, 0.717) is 0 Å². The number of benzene rings is 7. The van der Waals surface area contributed by atoms with Gasteiger partial charge in [-0.25, -0.2) is 0 Å². The molecule has 3 nitrogen and oxygen atoms in total. The Labute approximate surface area is 459 Å². The molecule has 1 fully saturated rings. The molecule has 14 rings (SSSR count). The van der Waals surface area contributed by atoms with Crippen LogP contribution in [0.5, 0.6) is 0 Å². The predicted molar refractivity (Wildman–Crippen MR) is 334 cm³/mol. The Morgan fingerprint density at radius 3 is 1.74 bits per heavy atom. The number of fused-ring (bicyclic) bond motifs is 12. The first-order valence-corrected chi connectivity index (χ1v) is 33.3. The normalized spacial score (nSPS) is 22.9. The Bertz CT molecular complexity index is 3730. The van der Waals surface area contributed by atoms with Crippen LogP contribution in [0.25, 0.3) is 20.2 Å². The minimum absolute atomic E-state index is 0.0365. The van der Waals surface area contributed by atoms with E-state index in [9.17, 15) is 0 Å². The third-order valence-electron chi connectivity index (χ3n) is 21.1. The largest absolute Gasteiger partial charge is 0.335 e. The van der Waals surface area contributed by atoms with E-state index in [1.165, 1.54) is 161 Å². The van der Waals surface area contributed by atoms with Crippen molar-refractivity contribution in [1.82, 2.24) is 0 Å². The van der Waals surface area contributed by atoms with E-state index in [1.54, 1.807) is 10.8 Å². The summed E-state index contributed by atoms with van der Waals surface area (Å²) in [4.78, 5) is 8.30. The first-order chi connectivity index (χ1) is 35.9. The fourth-order valence-corrected chi connectivity index (χ4v) is 18.5. The van der Waals surface area contributed by atoms with Crippen molar-refractivity contribution in [2.45, 2.75) is 180 Å². The summed E-state index contributed by atoms with van der Waals surface area (Å²) in [5, 5.41) is 4.26. The number of thiophene rings is 1. The standard InChI is InChI=1S/C70H78BN3SSi/c1-43-36-59-62-60(37-43)74-63-54(69(10)30-17-18-31-70(69,74)11)41-47(76(12,13)14)42-56(63)71(62)55-29-26-46(40-58(55)73(59)57-22-19-21-49-48-20-15-16-23-61(48)75-64(49)57)72(44-24-27-50-52(38-44)67(6,7)34-32-65(50,2)3)45-25-28-51-53(39-45)68(8,9)35-33-66(51,4)5/h15-16,19-29,36-42H,17-18,30-35H2,1-14H3. The zero-order valence-corrected chi connectivity index (χ0v) is 49.8. The van der Waals surface area contributed by atoms with E-state index in [-0.39, 0.29) is 39.3 Å². The summed E-state index contributed by atoms with van der Waals surface area (Å²) in [6.07, 6.45) is 9.73. The SMILES string of the molecule is Cc1cc2c3c(c1)N1c4c(cc([Si](C)(C)C)cc4C4(C)CCCCC14C)B3c1ccc(N(c3ccc4c(c3)C(C)(C)CCC4(C)C)c3ccc4c(c3)C(C)(C)CCC4(C)C)cc1N2c1cccc2c1sc1ccccc12. The van der Waals surface area contributed by atoms with Gasteiger partial charge < -0.3 is 14.7 Å². The van der Waals surface area contributed by atoms with E-state index in [0.717, 1.165) is 0 Å². The molecule has 3 aliphatic carbocycles. The van der Waals surface area contributed by atoms with Crippen LogP contribution in [0.2, 0.25) is 19.6 Å². The lowest BCUT2D eigenvalue weighted by Crippen LogP contribution is -2.65. The molecule has 76 heavy (non-hydrogen) atoms. The van der Waals surface area contributed by atoms with Crippen LogP contribution >= 0.6 is 11.3 Å². The molecule has 3 aliphatic heterocycles. The lowest BCUT2D eigenvalue weighted by molar-refractivity contribution is 0.195. The smallest absolute Gasteiger partial charge is 0.252 e. The molecule has 0 saturated heterocycles. The molecule has 386 valence electrons. The quantitative estimate of drug-likeness (QED) is 0.159. The highest BCUT2D eigenvalue weighted by Gasteiger charge is 2.61. The van der Waals surface area contributed by atoms with Gasteiger partial charge in [0.05, 0.1) is 24.0 Å². The van der Waals surface area contributed by atoms with Gasteiger partial charge in [-0.15, -0.1) is 11.3 Å². The molecule has 7 aromatic carbocycles. The highest BCUT2D eigenvalue weighted by molar-refractivity contribution is 7.26. The number of hydrogen-bond donors (Lipinski definition) is 0. The van der Waals surface area contributed by atoms with Gasteiger partial charge in [0.1, 0.15) is 0 Å². The maximum absolute atomic E-state index is 2.92. The van der Waals surface area contributed by atoms with Crippen LogP contribution in [0.1, 0.15) is 154 Å². The monoisotopic (exact) mass is 1030 g/mol. The molecular formula is C70H78BN3SSi. The third kappa shape index (κ3) is 6.65. The van der Waals surface area contributed by atoms with Crippen LogP contribution in [0, 0.1) is 6.92 Å². The highest BCUT2D eigenvalue weighted by atomic mass is 32.1. The summed E-state index contributed by atoms with van der Waals surface area (Å²) in [6, 6.07) is 49.5. The van der Waals surface area contributed by atoms with Gasteiger partial charge in [0, 0.05) is 60.7 Å². The summed E-state index contributed by atoms with van der Waals surface area (Å²) >= 11 is 1.95. The molecule has 0 bridgehead atoms. The second kappa shape index (κ2) is 15.8. The van der Waals surface area contributed by atoms with Gasteiger partial charge in [0.25, 0.3) is 6.71 Å². The van der Waals surface area contributed by atoms with Crippen molar-refractivity contribution >= 4 is 113 Å². The van der Waals surface area contributed by atoms with Gasteiger partial charge in [0.15, 0.2) is 0 Å².